The van der Waals surface area contributed by atoms with E-state index in [1.807, 2.05) is 54.2 Å². The highest BCUT2D eigenvalue weighted by Gasteiger charge is 2.18. The van der Waals surface area contributed by atoms with Gasteiger partial charge in [-0.25, -0.2) is 4.79 Å². The van der Waals surface area contributed by atoms with Crippen molar-refractivity contribution < 1.29 is 9.53 Å². The maximum atomic E-state index is 12.3. The fraction of sp³-hybridized carbons (Fsp3) is 0.300. The molecule has 0 fully saturated rings. The van der Waals surface area contributed by atoms with Crippen molar-refractivity contribution in [1.82, 2.24) is 20.4 Å². The number of hydrogen-bond donors (Lipinski definition) is 2. The van der Waals surface area contributed by atoms with E-state index in [9.17, 15) is 4.79 Å². The van der Waals surface area contributed by atoms with Crippen molar-refractivity contribution in [1.29, 1.82) is 0 Å². The van der Waals surface area contributed by atoms with Crippen LogP contribution in [0.25, 0.3) is 0 Å². The Hall–Kier alpha value is -2.80. The fourth-order valence-electron chi connectivity index (χ4n) is 2.95. The molecule has 0 aliphatic heterocycles. The minimum absolute atomic E-state index is 0.0308. The highest BCUT2D eigenvalue weighted by molar-refractivity contribution is 7.07. The summed E-state index contributed by atoms with van der Waals surface area (Å²) in [6.45, 7) is 4.93. The van der Waals surface area contributed by atoms with E-state index in [-0.39, 0.29) is 12.1 Å². The van der Waals surface area contributed by atoms with E-state index < -0.39 is 0 Å². The van der Waals surface area contributed by atoms with Gasteiger partial charge in [-0.2, -0.15) is 16.4 Å². The van der Waals surface area contributed by atoms with Crippen LogP contribution in [0.1, 0.15) is 28.6 Å². The summed E-state index contributed by atoms with van der Waals surface area (Å²) < 4.78 is 7.11. The summed E-state index contributed by atoms with van der Waals surface area (Å²) in [7, 11) is 1.63. The van der Waals surface area contributed by atoms with E-state index in [1.165, 1.54) is 0 Å². The molecular weight excluding hydrogens is 360 g/mol. The molecule has 0 radical (unpaired) electrons. The minimum Gasteiger partial charge on any atom is -0.497 e. The summed E-state index contributed by atoms with van der Waals surface area (Å²) in [5.41, 5.74) is 4.20. The monoisotopic (exact) mass is 384 g/mol. The van der Waals surface area contributed by atoms with Crippen molar-refractivity contribution in [2.75, 3.05) is 13.7 Å². The lowest BCUT2D eigenvalue weighted by Crippen LogP contribution is -2.39. The second kappa shape index (κ2) is 8.73. The number of aromatic nitrogens is 2. The van der Waals surface area contributed by atoms with Crippen LogP contribution in [0.15, 0.2) is 47.2 Å². The van der Waals surface area contributed by atoms with E-state index in [2.05, 4.69) is 27.2 Å². The van der Waals surface area contributed by atoms with Gasteiger partial charge in [-0.1, -0.05) is 12.1 Å². The van der Waals surface area contributed by atoms with Gasteiger partial charge in [0.1, 0.15) is 5.75 Å². The third-order valence-electron chi connectivity index (χ3n) is 4.34. The first-order valence-corrected chi connectivity index (χ1v) is 9.70. The topological polar surface area (TPSA) is 68.2 Å². The Bertz CT molecular complexity index is 872. The van der Waals surface area contributed by atoms with Gasteiger partial charge >= 0.3 is 6.03 Å². The summed E-state index contributed by atoms with van der Waals surface area (Å²) in [6, 6.07) is 11.5. The minimum atomic E-state index is -0.201. The van der Waals surface area contributed by atoms with Crippen molar-refractivity contribution in [3.8, 4) is 5.75 Å². The zero-order valence-electron chi connectivity index (χ0n) is 15.7. The molecule has 3 rings (SSSR count). The van der Waals surface area contributed by atoms with Crippen molar-refractivity contribution in [3.63, 3.8) is 0 Å². The van der Waals surface area contributed by atoms with Crippen LogP contribution in [-0.2, 0) is 6.54 Å². The number of hydrogen-bond acceptors (Lipinski definition) is 4. The van der Waals surface area contributed by atoms with Crippen LogP contribution in [0.3, 0.4) is 0 Å². The van der Waals surface area contributed by atoms with Crippen molar-refractivity contribution in [2.24, 2.45) is 0 Å². The lowest BCUT2D eigenvalue weighted by molar-refractivity contribution is 0.239. The first kappa shape index (κ1) is 19.0. The summed E-state index contributed by atoms with van der Waals surface area (Å²) in [6.07, 6.45) is 0. The van der Waals surface area contributed by atoms with Gasteiger partial charge in [0.2, 0.25) is 0 Å². The first-order chi connectivity index (χ1) is 13.1. The summed E-state index contributed by atoms with van der Waals surface area (Å²) in [5, 5.41) is 14.6. The Kier molecular flexibility index (Phi) is 6.13. The van der Waals surface area contributed by atoms with Gasteiger partial charge in [-0.05, 0) is 60.0 Å². The molecule has 142 valence electrons. The van der Waals surface area contributed by atoms with Crippen LogP contribution in [0.5, 0.6) is 5.75 Å². The predicted molar refractivity (Wildman–Crippen MR) is 107 cm³/mol. The Labute approximate surface area is 163 Å². The number of ether oxygens (including phenoxy) is 1. The number of carbonyl (C=O) groups excluding carboxylic acids is 1. The van der Waals surface area contributed by atoms with Crippen LogP contribution < -0.4 is 15.4 Å². The molecule has 1 aromatic carbocycles. The number of amides is 2. The molecule has 3 aromatic rings. The third kappa shape index (κ3) is 4.89. The number of nitrogens with zero attached hydrogens (tertiary/aromatic N) is 2. The largest absolute Gasteiger partial charge is 0.497 e. The molecule has 6 nitrogen and oxygen atoms in total. The molecule has 0 aliphatic carbocycles. The van der Waals surface area contributed by atoms with Crippen LogP contribution in [0.2, 0.25) is 0 Å². The lowest BCUT2D eigenvalue weighted by Gasteiger charge is -2.19. The van der Waals surface area contributed by atoms with Gasteiger partial charge in [0.25, 0.3) is 0 Å². The standard InChI is InChI=1S/C20H24N4O2S/c1-14-10-15(2)24(23-14)19(17-8-9-27-13-17)12-22-20(25)21-11-16-4-6-18(26-3)7-5-16/h4-10,13,19H,11-12H2,1-3H3,(H2,21,22,25). The molecule has 0 spiro atoms. The predicted octanol–water partition coefficient (Wildman–Crippen LogP) is 3.66. The van der Waals surface area contributed by atoms with Crippen LogP contribution in [-0.4, -0.2) is 29.5 Å². The SMILES string of the molecule is COc1ccc(CNC(=O)NCC(c2ccsc2)n2nc(C)cc2C)cc1. The van der Waals surface area contributed by atoms with Gasteiger partial charge in [-0.3, -0.25) is 4.68 Å². The van der Waals surface area contributed by atoms with Gasteiger partial charge in [0.05, 0.1) is 18.8 Å². The lowest BCUT2D eigenvalue weighted by atomic mass is 10.1. The fourth-order valence-corrected chi connectivity index (χ4v) is 3.66. The van der Waals surface area contributed by atoms with E-state index in [0.717, 1.165) is 28.3 Å². The van der Waals surface area contributed by atoms with Gasteiger partial charge in [0, 0.05) is 18.8 Å². The maximum absolute atomic E-state index is 12.3. The number of methoxy groups -OCH3 is 1. The van der Waals surface area contributed by atoms with E-state index >= 15 is 0 Å². The van der Waals surface area contributed by atoms with Crippen molar-refractivity contribution in [3.05, 3.63) is 69.7 Å². The average Bonchev–Trinajstić information content (AvgIpc) is 3.31. The molecule has 0 saturated heterocycles. The number of aryl methyl sites for hydroxylation is 2. The molecule has 2 N–H and O–H groups in total. The van der Waals surface area contributed by atoms with Gasteiger partial charge < -0.3 is 15.4 Å². The molecule has 0 bridgehead atoms. The number of urea groups is 1. The summed E-state index contributed by atoms with van der Waals surface area (Å²) >= 11 is 1.64. The quantitative estimate of drug-likeness (QED) is 0.653. The number of thiophene rings is 1. The smallest absolute Gasteiger partial charge is 0.315 e. The third-order valence-corrected chi connectivity index (χ3v) is 5.04. The molecule has 1 unspecified atom stereocenters. The molecule has 2 aromatic heterocycles. The molecule has 7 heteroatoms. The first-order valence-electron chi connectivity index (χ1n) is 8.76. The van der Waals surface area contributed by atoms with Crippen LogP contribution >= 0.6 is 11.3 Å². The van der Waals surface area contributed by atoms with Gasteiger partial charge in [-0.15, -0.1) is 0 Å². The van der Waals surface area contributed by atoms with Crippen molar-refractivity contribution in [2.45, 2.75) is 26.4 Å². The summed E-state index contributed by atoms with van der Waals surface area (Å²) in [4.78, 5) is 12.3. The highest BCUT2D eigenvalue weighted by atomic mass is 32.1. The van der Waals surface area contributed by atoms with Crippen molar-refractivity contribution >= 4 is 17.4 Å². The van der Waals surface area contributed by atoms with Crippen LogP contribution in [0.4, 0.5) is 4.79 Å². The zero-order chi connectivity index (χ0) is 19.2. The molecule has 2 amide bonds. The average molecular weight is 385 g/mol. The molecule has 2 heterocycles. The Balaban J connectivity index is 1.59. The highest BCUT2D eigenvalue weighted by Crippen LogP contribution is 2.22. The molecule has 1 atom stereocenters. The second-order valence-corrected chi connectivity index (χ2v) is 7.14. The number of rotatable bonds is 7. The molecule has 0 saturated carbocycles. The Morgan fingerprint density at radius 1 is 1.22 bits per heavy atom. The number of benzene rings is 1. The zero-order valence-corrected chi connectivity index (χ0v) is 16.5. The summed E-state index contributed by atoms with van der Waals surface area (Å²) in [5.74, 6) is 0.798. The van der Waals surface area contributed by atoms with E-state index in [4.69, 9.17) is 4.74 Å². The maximum Gasteiger partial charge on any atom is 0.315 e. The molecule has 27 heavy (non-hydrogen) atoms. The molecule has 0 aliphatic rings. The van der Waals surface area contributed by atoms with Gasteiger partial charge in [0.15, 0.2) is 0 Å². The van der Waals surface area contributed by atoms with E-state index in [0.29, 0.717) is 13.1 Å². The number of carbonyl (C=O) groups is 1. The molecular formula is C20H24N4O2S. The van der Waals surface area contributed by atoms with Crippen LogP contribution in [0, 0.1) is 13.8 Å². The normalized spacial score (nSPS) is 11.8. The Morgan fingerprint density at radius 3 is 2.59 bits per heavy atom. The second-order valence-electron chi connectivity index (χ2n) is 6.36. The number of nitrogens with one attached hydrogen (secondary N) is 2. The Morgan fingerprint density at radius 2 is 2.00 bits per heavy atom. The van der Waals surface area contributed by atoms with E-state index in [1.54, 1.807) is 18.4 Å².